The number of aliphatic carboxylic acids is 1. The minimum absolute atomic E-state index is 0.112. The van der Waals surface area contributed by atoms with Crippen LogP contribution in [0.5, 0.6) is 11.5 Å². The molecule has 0 bridgehead atoms. The van der Waals surface area contributed by atoms with Gasteiger partial charge in [-0.3, -0.25) is 9.69 Å². The fourth-order valence-electron chi connectivity index (χ4n) is 3.73. The molecule has 3 aromatic rings. The summed E-state index contributed by atoms with van der Waals surface area (Å²) < 4.78 is 7.04. The molecule has 4 rings (SSSR count). The van der Waals surface area contributed by atoms with Gasteiger partial charge in [-0.25, -0.2) is 0 Å². The Kier molecular flexibility index (Phi) is 5.80. The van der Waals surface area contributed by atoms with Crippen molar-refractivity contribution in [2.45, 2.75) is 24.9 Å². The number of carboxylic acids is 1. The molecule has 6 heteroatoms. The van der Waals surface area contributed by atoms with E-state index < -0.39 is 12.0 Å². The standard InChI is InChI=1S/C22H20BrNO3S/c23-20-12-11-19(28-20)21(24-13-5-10-18(24)22(25)26)15-6-4-9-17(14-15)27-16-7-2-1-3-8-16/h1-4,6-9,11-12,14,18,21H,5,10,13H2,(H,25,26). The second-order valence-corrected chi connectivity index (χ2v) is 9.26. The van der Waals surface area contributed by atoms with Crippen LogP contribution in [-0.4, -0.2) is 28.6 Å². The molecule has 1 aromatic heterocycles. The maximum atomic E-state index is 11.8. The van der Waals surface area contributed by atoms with Crippen LogP contribution in [0.25, 0.3) is 0 Å². The van der Waals surface area contributed by atoms with E-state index in [2.05, 4.69) is 26.9 Å². The van der Waals surface area contributed by atoms with Gasteiger partial charge in [-0.05, 0) is 70.7 Å². The number of para-hydroxylation sites is 1. The molecule has 1 N–H and O–H groups in total. The van der Waals surface area contributed by atoms with Gasteiger partial charge < -0.3 is 9.84 Å². The average Bonchev–Trinajstić information content (AvgIpc) is 3.33. The lowest BCUT2D eigenvalue weighted by Gasteiger charge is -2.31. The summed E-state index contributed by atoms with van der Waals surface area (Å²) in [4.78, 5) is 15.0. The molecule has 1 fully saturated rings. The number of thiophene rings is 1. The van der Waals surface area contributed by atoms with Crippen molar-refractivity contribution in [3.05, 3.63) is 81.0 Å². The van der Waals surface area contributed by atoms with Crippen LogP contribution in [0.2, 0.25) is 0 Å². The summed E-state index contributed by atoms with van der Waals surface area (Å²) in [6, 6.07) is 21.1. The first kappa shape index (κ1) is 19.2. The predicted octanol–water partition coefficient (Wildman–Crippen LogP) is 5.94. The maximum absolute atomic E-state index is 11.8. The quantitative estimate of drug-likeness (QED) is 0.497. The van der Waals surface area contributed by atoms with Crippen molar-refractivity contribution in [1.29, 1.82) is 0 Å². The lowest BCUT2D eigenvalue weighted by Crippen LogP contribution is -2.39. The summed E-state index contributed by atoms with van der Waals surface area (Å²) >= 11 is 5.19. The van der Waals surface area contributed by atoms with Crippen LogP contribution in [-0.2, 0) is 4.79 Å². The number of hydrogen-bond donors (Lipinski definition) is 1. The number of halogens is 1. The number of carboxylic acid groups (broad SMARTS) is 1. The van der Waals surface area contributed by atoms with Crippen LogP contribution >= 0.6 is 27.3 Å². The van der Waals surface area contributed by atoms with Gasteiger partial charge in [-0.15, -0.1) is 11.3 Å². The Bertz CT molecular complexity index is 959. The molecule has 1 saturated heterocycles. The minimum atomic E-state index is -0.755. The van der Waals surface area contributed by atoms with E-state index in [9.17, 15) is 9.90 Å². The molecule has 2 atom stereocenters. The summed E-state index contributed by atoms with van der Waals surface area (Å²) in [6.45, 7) is 0.765. The van der Waals surface area contributed by atoms with E-state index in [1.54, 1.807) is 11.3 Å². The first-order chi connectivity index (χ1) is 13.6. The molecule has 2 aromatic carbocycles. The van der Waals surface area contributed by atoms with Crippen LogP contribution in [0.3, 0.4) is 0 Å². The smallest absolute Gasteiger partial charge is 0.320 e. The van der Waals surface area contributed by atoms with Crippen LogP contribution in [0.4, 0.5) is 0 Å². The lowest BCUT2D eigenvalue weighted by molar-refractivity contribution is -0.142. The van der Waals surface area contributed by atoms with Crippen molar-refractivity contribution < 1.29 is 14.6 Å². The van der Waals surface area contributed by atoms with Gasteiger partial charge in [0.2, 0.25) is 0 Å². The second kappa shape index (κ2) is 8.47. The molecule has 0 amide bonds. The van der Waals surface area contributed by atoms with Crippen LogP contribution in [0.1, 0.15) is 29.3 Å². The topological polar surface area (TPSA) is 49.8 Å². The number of likely N-dealkylation sites (tertiary alicyclic amines) is 1. The Labute approximate surface area is 176 Å². The molecule has 0 saturated carbocycles. The predicted molar refractivity (Wildman–Crippen MR) is 114 cm³/mol. The third kappa shape index (κ3) is 4.14. The van der Waals surface area contributed by atoms with Gasteiger partial charge >= 0.3 is 5.97 Å². The highest BCUT2D eigenvalue weighted by atomic mass is 79.9. The van der Waals surface area contributed by atoms with E-state index in [-0.39, 0.29) is 6.04 Å². The van der Waals surface area contributed by atoms with Crippen molar-refractivity contribution in [2.75, 3.05) is 6.54 Å². The van der Waals surface area contributed by atoms with Gasteiger partial charge in [0.25, 0.3) is 0 Å². The SMILES string of the molecule is O=C(O)C1CCCN1C(c1cccc(Oc2ccccc2)c1)c1ccc(Br)s1. The van der Waals surface area contributed by atoms with E-state index in [1.807, 2.05) is 60.7 Å². The Morgan fingerprint density at radius 2 is 1.89 bits per heavy atom. The molecule has 144 valence electrons. The summed E-state index contributed by atoms with van der Waals surface area (Å²) in [6.07, 6.45) is 1.57. The van der Waals surface area contributed by atoms with E-state index in [0.29, 0.717) is 6.42 Å². The first-order valence-electron chi connectivity index (χ1n) is 9.18. The van der Waals surface area contributed by atoms with Crippen molar-refractivity contribution in [3.63, 3.8) is 0 Å². The fourth-order valence-corrected chi connectivity index (χ4v) is 5.30. The summed E-state index contributed by atoms with van der Waals surface area (Å²) in [5, 5.41) is 9.71. The van der Waals surface area contributed by atoms with Gasteiger partial charge in [0.15, 0.2) is 0 Å². The van der Waals surface area contributed by atoms with E-state index in [0.717, 1.165) is 38.7 Å². The van der Waals surface area contributed by atoms with Crippen LogP contribution < -0.4 is 4.74 Å². The second-order valence-electron chi connectivity index (χ2n) is 6.77. The maximum Gasteiger partial charge on any atom is 0.320 e. The molecular formula is C22H20BrNO3S. The van der Waals surface area contributed by atoms with Gasteiger partial charge in [-0.2, -0.15) is 0 Å². The highest BCUT2D eigenvalue weighted by molar-refractivity contribution is 9.11. The van der Waals surface area contributed by atoms with E-state index in [1.165, 1.54) is 0 Å². The Morgan fingerprint density at radius 1 is 1.11 bits per heavy atom. The molecule has 0 radical (unpaired) electrons. The monoisotopic (exact) mass is 457 g/mol. The van der Waals surface area contributed by atoms with Gasteiger partial charge in [0.1, 0.15) is 17.5 Å². The van der Waals surface area contributed by atoms with Crippen LogP contribution in [0.15, 0.2) is 70.5 Å². The van der Waals surface area contributed by atoms with Crippen molar-refractivity contribution >= 4 is 33.2 Å². The van der Waals surface area contributed by atoms with Gasteiger partial charge in [-0.1, -0.05) is 30.3 Å². The third-order valence-corrected chi connectivity index (χ3v) is 6.60. The van der Waals surface area contributed by atoms with Crippen molar-refractivity contribution in [3.8, 4) is 11.5 Å². The van der Waals surface area contributed by atoms with Crippen molar-refractivity contribution in [1.82, 2.24) is 4.90 Å². The van der Waals surface area contributed by atoms with E-state index >= 15 is 0 Å². The molecule has 1 aliphatic heterocycles. The average molecular weight is 458 g/mol. The Balaban J connectivity index is 1.70. The molecule has 1 aliphatic rings. The van der Waals surface area contributed by atoms with Crippen molar-refractivity contribution in [2.24, 2.45) is 0 Å². The minimum Gasteiger partial charge on any atom is -0.480 e. The Hall–Kier alpha value is -2.15. The zero-order valence-corrected chi connectivity index (χ0v) is 17.5. The van der Waals surface area contributed by atoms with Gasteiger partial charge in [0, 0.05) is 11.4 Å². The highest BCUT2D eigenvalue weighted by Crippen LogP contribution is 2.40. The number of ether oxygens (including phenoxy) is 1. The third-order valence-electron chi connectivity index (χ3n) is 4.93. The number of nitrogens with zero attached hydrogens (tertiary/aromatic N) is 1. The molecular weight excluding hydrogens is 438 g/mol. The molecule has 2 unspecified atom stereocenters. The molecule has 0 spiro atoms. The number of benzene rings is 2. The summed E-state index contributed by atoms with van der Waals surface area (Å²) in [5.41, 5.74) is 1.04. The number of rotatable bonds is 6. The molecule has 0 aliphatic carbocycles. The normalized spacial score (nSPS) is 18.1. The summed E-state index contributed by atoms with van der Waals surface area (Å²) in [5.74, 6) is 0.768. The Morgan fingerprint density at radius 3 is 2.61 bits per heavy atom. The molecule has 28 heavy (non-hydrogen) atoms. The zero-order chi connectivity index (χ0) is 19.5. The molecule has 2 heterocycles. The number of hydrogen-bond acceptors (Lipinski definition) is 4. The largest absolute Gasteiger partial charge is 0.480 e. The fraction of sp³-hybridized carbons (Fsp3) is 0.227. The first-order valence-corrected chi connectivity index (χ1v) is 10.8. The highest BCUT2D eigenvalue weighted by Gasteiger charge is 2.37. The van der Waals surface area contributed by atoms with Gasteiger partial charge in [0.05, 0.1) is 9.83 Å². The zero-order valence-electron chi connectivity index (χ0n) is 15.1. The molecule has 4 nitrogen and oxygen atoms in total. The lowest BCUT2D eigenvalue weighted by atomic mass is 10.0. The van der Waals surface area contributed by atoms with Crippen LogP contribution in [0, 0.1) is 0 Å². The number of carbonyl (C=O) groups is 1. The summed E-state index contributed by atoms with van der Waals surface area (Å²) in [7, 11) is 0. The van der Waals surface area contributed by atoms with E-state index in [4.69, 9.17) is 4.74 Å².